The van der Waals surface area contributed by atoms with Crippen LogP contribution in [-0.4, -0.2) is 60.7 Å². The van der Waals surface area contributed by atoms with Crippen molar-refractivity contribution in [1.29, 1.82) is 0 Å². The number of aryl methyl sites for hydroxylation is 3. The third kappa shape index (κ3) is 4.59. The summed E-state index contributed by atoms with van der Waals surface area (Å²) < 4.78 is 0. The van der Waals surface area contributed by atoms with Crippen LogP contribution < -0.4 is 4.90 Å². The van der Waals surface area contributed by atoms with Crippen molar-refractivity contribution in [2.45, 2.75) is 34.1 Å². The predicted molar refractivity (Wildman–Crippen MR) is 97.5 cm³/mol. The van der Waals surface area contributed by atoms with E-state index < -0.39 is 0 Å². The molecular weight excluding hydrogens is 318 g/mol. The Hall–Kier alpha value is -2.37. The maximum absolute atomic E-state index is 12.5. The van der Waals surface area contributed by atoms with Gasteiger partial charge in [-0.05, 0) is 31.9 Å². The Balaban J connectivity index is 2.05. The maximum Gasteiger partial charge on any atom is 0.224 e. The molecule has 0 N–H and O–H groups in total. The number of carbonyl (C=O) groups excluding carboxylic acids is 3. The number of anilines is 1. The lowest BCUT2D eigenvalue weighted by Crippen LogP contribution is -2.48. The van der Waals surface area contributed by atoms with Crippen LogP contribution in [0.5, 0.6) is 0 Å². The molecule has 0 spiro atoms. The van der Waals surface area contributed by atoms with Crippen LogP contribution in [0.2, 0.25) is 0 Å². The molecule has 1 aliphatic heterocycles. The van der Waals surface area contributed by atoms with Crippen molar-refractivity contribution in [3.05, 3.63) is 28.8 Å². The smallest absolute Gasteiger partial charge is 0.224 e. The Morgan fingerprint density at radius 1 is 1.08 bits per heavy atom. The minimum absolute atomic E-state index is 0.0271. The molecule has 1 saturated heterocycles. The van der Waals surface area contributed by atoms with Gasteiger partial charge in [-0.25, -0.2) is 0 Å². The molecule has 6 nitrogen and oxygen atoms in total. The molecule has 3 amide bonds. The molecule has 2 rings (SSSR count). The van der Waals surface area contributed by atoms with Crippen molar-refractivity contribution < 1.29 is 14.4 Å². The van der Waals surface area contributed by atoms with Gasteiger partial charge in [0.05, 0.1) is 0 Å². The standard InChI is InChI=1S/C19H27N3O3/c1-14-11-15(2)19(16(3)12-14)22(17(4)24)6-5-18(25)21-9-7-20(13-23)8-10-21/h11-13H,5-10H2,1-4H3. The number of nitrogens with zero attached hydrogens (tertiary/aromatic N) is 3. The lowest BCUT2D eigenvalue weighted by Gasteiger charge is -2.33. The van der Waals surface area contributed by atoms with E-state index in [9.17, 15) is 14.4 Å². The average Bonchev–Trinajstić information content (AvgIpc) is 2.56. The predicted octanol–water partition coefficient (Wildman–Crippen LogP) is 1.66. The molecule has 6 heteroatoms. The SMILES string of the molecule is CC(=O)N(CCC(=O)N1CCN(C=O)CC1)c1c(C)cc(C)cc1C. The van der Waals surface area contributed by atoms with E-state index >= 15 is 0 Å². The minimum Gasteiger partial charge on any atom is -0.342 e. The number of carbonyl (C=O) groups is 3. The van der Waals surface area contributed by atoms with Crippen molar-refractivity contribution >= 4 is 23.9 Å². The number of benzene rings is 1. The number of piperazine rings is 1. The number of amides is 3. The van der Waals surface area contributed by atoms with E-state index in [2.05, 4.69) is 12.1 Å². The van der Waals surface area contributed by atoms with E-state index in [1.54, 1.807) is 14.7 Å². The van der Waals surface area contributed by atoms with Crippen LogP contribution >= 0.6 is 0 Å². The molecule has 0 atom stereocenters. The van der Waals surface area contributed by atoms with Crippen LogP contribution in [0.1, 0.15) is 30.0 Å². The highest BCUT2D eigenvalue weighted by atomic mass is 16.2. The lowest BCUT2D eigenvalue weighted by atomic mass is 10.0. The van der Waals surface area contributed by atoms with Gasteiger partial charge in [0.15, 0.2) is 0 Å². The molecule has 1 aliphatic rings. The van der Waals surface area contributed by atoms with Gasteiger partial charge in [-0.2, -0.15) is 0 Å². The van der Waals surface area contributed by atoms with Gasteiger partial charge in [0.1, 0.15) is 0 Å². The van der Waals surface area contributed by atoms with E-state index in [0.717, 1.165) is 28.8 Å². The van der Waals surface area contributed by atoms with E-state index in [4.69, 9.17) is 0 Å². The summed E-state index contributed by atoms with van der Waals surface area (Å²) in [5.74, 6) is -0.0344. The zero-order valence-corrected chi connectivity index (χ0v) is 15.5. The van der Waals surface area contributed by atoms with Crippen LogP contribution in [0.4, 0.5) is 5.69 Å². The molecule has 1 aromatic carbocycles. The van der Waals surface area contributed by atoms with Crippen LogP contribution in [0.15, 0.2) is 12.1 Å². The molecule has 0 saturated carbocycles. The molecule has 0 aromatic heterocycles. The maximum atomic E-state index is 12.5. The average molecular weight is 345 g/mol. The van der Waals surface area contributed by atoms with Gasteiger partial charge in [-0.1, -0.05) is 17.7 Å². The zero-order valence-electron chi connectivity index (χ0n) is 15.5. The van der Waals surface area contributed by atoms with Crippen molar-refractivity contribution in [2.24, 2.45) is 0 Å². The molecule has 0 radical (unpaired) electrons. The van der Waals surface area contributed by atoms with E-state index in [1.165, 1.54) is 6.92 Å². The second kappa shape index (κ2) is 8.14. The quantitative estimate of drug-likeness (QED) is 0.763. The second-order valence-electron chi connectivity index (χ2n) is 6.69. The first-order valence-corrected chi connectivity index (χ1v) is 8.66. The Kier molecular flexibility index (Phi) is 6.17. The monoisotopic (exact) mass is 345 g/mol. The largest absolute Gasteiger partial charge is 0.342 e. The van der Waals surface area contributed by atoms with Gasteiger partial charge in [-0.15, -0.1) is 0 Å². The topological polar surface area (TPSA) is 60.9 Å². The summed E-state index contributed by atoms with van der Waals surface area (Å²) >= 11 is 0. The van der Waals surface area contributed by atoms with Gasteiger partial charge in [0.2, 0.25) is 18.2 Å². The summed E-state index contributed by atoms with van der Waals surface area (Å²) in [5.41, 5.74) is 4.14. The first-order chi connectivity index (χ1) is 11.8. The highest BCUT2D eigenvalue weighted by Crippen LogP contribution is 2.26. The zero-order chi connectivity index (χ0) is 18.6. The molecule has 1 aromatic rings. The Morgan fingerprint density at radius 3 is 2.12 bits per heavy atom. The van der Waals surface area contributed by atoms with Gasteiger partial charge in [-0.3, -0.25) is 14.4 Å². The third-order valence-electron chi connectivity index (χ3n) is 4.65. The molecule has 1 heterocycles. The van der Waals surface area contributed by atoms with Crippen LogP contribution in [0, 0.1) is 20.8 Å². The fraction of sp³-hybridized carbons (Fsp3) is 0.526. The molecule has 0 bridgehead atoms. The highest BCUT2D eigenvalue weighted by molar-refractivity contribution is 5.94. The summed E-state index contributed by atoms with van der Waals surface area (Å²) in [6.07, 6.45) is 1.11. The van der Waals surface area contributed by atoms with Gasteiger partial charge in [0.25, 0.3) is 0 Å². The molecular formula is C19H27N3O3. The third-order valence-corrected chi connectivity index (χ3v) is 4.65. The van der Waals surface area contributed by atoms with Crippen LogP contribution in [-0.2, 0) is 14.4 Å². The Labute approximate surface area is 149 Å². The van der Waals surface area contributed by atoms with Gasteiger partial charge < -0.3 is 14.7 Å². The first kappa shape index (κ1) is 19.0. The summed E-state index contributed by atoms with van der Waals surface area (Å²) in [4.78, 5) is 40.5. The van der Waals surface area contributed by atoms with Crippen molar-refractivity contribution in [2.75, 3.05) is 37.6 Å². The normalized spacial score (nSPS) is 14.4. The molecule has 25 heavy (non-hydrogen) atoms. The summed E-state index contributed by atoms with van der Waals surface area (Å²) in [6, 6.07) is 4.11. The highest BCUT2D eigenvalue weighted by Gasteiger charge is 2.22. The van der Waals surface area contributed by atoms with E-state index in [1.807, 2.05) is 20.8 Å². The van der Waals surface area contributed by atoms with E-state index in [0.29, 0.717) is 32.7 Å². The Morgan fingerprint density at radius 2 is 1.64 bits per heavy atom. The van der Waals surface area contributed by atoms with Crippen LogP contribution in [0.3, 0.4) is 0 Å². The van der Waals surface area contributed by atoms with Crippen molar-refractivity contribution in [3.8, 4) is 0 Å². The molecule has 136 valence electrons. The first-order valence-electron chi connectivity index (χ1n) is 8.66. The number of rotatable bonds is 5. The molecule has 1 fully saturated rings. The molecule has 0 aliphatic carbocycles. The van der Waals surface area contributed by atoms with Gasteiger partial charge >= 0.3 is 0 Å². The van der Waals surface area contributed by atoms with Gasteiger partial charge in [0, 0.05) is 51.8 Å². The summed E-state index contributed by atoms with van der Waals surface area (Å²) in [5, 5.41) is 0. The fourth-order valence-corrected chi connectivity index (χ4v) is 3.47. The van der Waals surface area contributed by atoms with Crippen molar-refractivity contribution in [3.63, 3.8) is 0 Å². The molecule has 0 unspecified atom stereocenters. The van der Waals surface area contributed by atoms with Crippen molar-refractivity contribution in [1.82, 2.24) is 9.80 Å². The number of hydrogen-bond donors (Lipinski definition) is 0. The second-order valence-corrected chi connectivity index (χ2v) is 6.69. The minimum atomic E-state index is -0.0615. The van der Waals surface area contributed by atoms with Crippen LogP contribution in [0.25, 0.3) is 0 Å². The summed E-state index contributed by atoms with van der Waals surface area (Å²) in [6.45, 7) is 10.2. The summed E-state index contributed by atoms with van der Waals surface area (Å²) in [7, 11) is 0. The fourth-order valence-electron chi connectivity index (χ4n) is 3.47. The number of hydrogen-bond acceptors (Lipinski definition) is 3. The van der Waals surface area contributed by atoms with E-state index in [-0.39, 0.29) is 18.2 Å². The Bertz CT molecular complexity index is 641. The lowest BCUT2D eigenvalue weighted by molar-refractivity contribution is -0.135.